The molecule has 24 heavy (non-hydrogen) atoms. The topological polar surface area (TPSA) is 107 Å². The van der Waals surface area contributed by atoms with E-state index in [-0.39, 0.29) is 5.91 Å². The van der Waals surface area contributed by atoms with Gasteiger partial charge in [-0.1, -0.05) is 11.3 Å². The van der Waals surface area contributed by atoms with E-state index < -0.39 is 0 Å². The second kappa shape index (κ2) is 5.95. The van der Waals surface area contributed by atoms with Crippen molar-refractivity contribution in [2.75, 3.05) is 11.1 Å². The van der Waals surface area contributed by atoms with Gasteiger partial charge in [0.2, 0.25) is 5.13 Å². The number of fused-ring (bicyclic) bond motifs is 1. The summed E-state index contributed by atoms with van der Waals surface area (Å²) in [5, 5.41) is 11.4. The number of aromatic nitrogens is 4. The van der Waals surface area contributed by atoms with Crippen LogP contribution in [0.3, 0.4) is 0 Å². The number of nitrogen functional groups attached to an aromatic ring is 1. The molecule has 0 aliphatic heterocycles. The molecule has 0 atom stereocenters. The molecular weight excluding hydrogens is 344 g/mol. The summed E-state index contributed by atoms with van der Waals surface area (Å²) in [6, 6.07) is 7.53. The van der Waals surface area contributed by atoms with Crippen LogP contribution in [0.2, 0.25) is 0 Å². The number of rotatable bonds is 3. The van der Waals surface area contributed by atoms with Crippen LogP contribution in [0.15, 0.2) is 42.2 Å². The Morgan fingerprint density at radius 3 is 2.75 bits per heavy atom. The van der Waals surface area contributed by atoms with Gasteiger partial charge in [0.1, 0.15) is 15.2 Å². The van der Waals surface area contributed by atoms with E-state index in [1.807, 2.05) is 24.3 Å². The molecule has 4 aromatic rings. The van der Waals surface area contributed by atoms with Crippen LogP contribution in [0, 0.1) is 0 Å². The second-order valence-corrected chi connectivity index (χ2v) is 6.66. The first-order valence-electron chi connectivity index (χ1n) is 6.89. The molecule has 0 aromatic carbocycles. The van der Waals surface area contributed by atoms with Crippen LogP contribution in [-0.4, -0.2) is 26.1 Å². The fourth-order valence-corrected chi connectivity index (χ4v) is 3.66. The number of thiophene rings is 1. The van der Waals surface area contributed by atoms with Crippen molar-refractivity contribution in [3.05, 3.63) is 47.0 Å². The molecule has 3 N–H and O–H groups in total. The molecule has 0 aliphatic carbocycles. The smallest absolute Gasteiger partial charge is 0.269 e. The lowest BCUT2D eigenvalue weighted by Gasteiger charge is -2.00. The maximum absolute atomic E-state index is 12.4. The predicted molar refractivity (Wildman–Crippen MR) is 95.1 cm³/mol. The highest BCUT2D eigenvalue weighted by Gasteiger charge is 2.18. The maximum Gasteiger partial charge on any atom is 0.269 e. The summed E-state index contributed by atoms with van der Waals surface area (Å²) in [6.45, 7) is 0. The Morgan fingerprint density at radius 1 is 1.17 bits per heavy atom. The summed E-state index contributed by atoms with van der Waals surface area (Å²) >= 11 is 2.50. The molecule has 4 heterocycles. The molecule has 0 fully saturated rings. The third kappa shape index (κ3) is 2.59. The number of amides is 1. The van der Waals surface area contributed by atoms with Gasteiger partial charge in [-0.2, -0.15) is 0 Å². The van der Waals surface area contributed by atoms with Crippen molar-refractivity contribution in [3.8, 4) is 11.3 Å². The lowest BCUT2D eigenvalue weighted by molar-refractivity contribution is 0.103. The summed E-state index contributed by atoms with van der Waals surface area (Å²) in [5.41, 5.74) is 9.86. The highest BCUT2D eigenvalue weighted by atomic mass is 32.1. The highest BCUT2D eigenvalue weighted by Crippen LogP contribution is 2.34. The van der Waals surface area contributed by atoms with Crippen LogP contribution in [0.4, 0.5) is 10.8 Å². The van der Waals surface area contributed by atoms with Gasteiger partial charge in [0.25, 0.3) is 5.91 Å². The first kappa shape index (κ1) is 14.7. The normalized spacial score (nSPS) is 10.8. The summed E-state index contributed by atoms with van der Waals surface area (Å²) in [4.78, 5) is 22.1. The quantitative estimate of drug-likeness (QED) is 0.585. The predicted octanol–water partition coefficient (Wildman–Crippen LogP) is 3.04. The minimum atomic E-state index is -0.308. The van der Waals surface area contributed by atoms with Crippen molar-refractivity contribution in [1.82, 2.24) is 20.2 Å². The summed E-state index contributed by atoms with van der Waals surface area (Å²) in [5.74, 6) is -0.308. The number of nitrogens with one attached hydrogen (secondary N) is 1. The van der Waals surface area contributed by atoms with Gasteiger partial charge in [-0.25, -0.2) is 4.98 Å². The zero-order valence-electron chi connectivity index (χ0n) is 12.1. The van der Waals surface area contributed by atoms with E-state index in [4.69, 9.17) is 5.73 Å². The number of hydrogen-bond donors (Lipinski definition) is 2. The fraction of sp³-hybridized carbons (Fsp3) is 0. The fourth-order valence-electron chi connectivity index (χ4n) is 2.23. The number of nitrogens with zero attached hydrogens (tertiary/aromatic N) is 4. The Kier molecular flexibility index (Phi) is 3.63. The lowest BCUT2D eigenvalue weighted by Crippen LogP contribution is -2.11. The van der Waals surface area contributed by atoms with Crippen LogP contribution in [0.25, 0.3) is 21.5 Å². The average molecular weight is 354 g/mol. The monoisotopic (exact) mass is 354 g/mol. The zero-order valence-corrected chi connectivity index (χ0v) is 13.8. The van der Waals surface area contributed by atoms with E-state index >= 15 is 0 Å². The molecule has 0 unspecified atom stereocenters. The van der Waals surface area contributed by atoms with Gasteiger partial charge in [-0.3, -0.25) is 15.1 Å². The van der Waals surface area contributed by atoms with Gasteiger partial charge >= 0.3 is 0 Å². The van der Waals surface area contributed by atoms with Crippen LogP contribution in [0.5, 0.6) is 0 Å². The van der Waals surface area contributed by atoms with Crippen molar-refractivity contribution in [1.29, 1.82) is 0 Å². The van der Waals surface area contributed by atoms with E-state index in [1.54, 1.807) is 17.9 Å². The SMILES string of the molecule is Nc1c(C(=O)Nc2nncs2)sc2nc(-c3ccncc3)ccc12. The summed E-state index contributed by atoms with van der Waals surface area (Å²) < 4.78 is 0. The minimum Gasteiger partial charge on any atom is -0.397 e. The van der Waals surface area contributed by atoms with Gasteiger partial charge < -0.3 is 5.73 Å². The van der Waals surface area contributed by atoms with Crippen molar-refractivity contribution in [2.45, 2.75) is 0 Å². The lowest BCUT2D eigenvalue weighted by atomic mass is 10.1. The third-order valence-electron chi connectivity index (χ3n) is 3.36. The number of anilines is 2. The zero-order chi connectivity index (χ0) is 16.5. The third-order valence-corrected chi connectivity index (χ3v) is 5.08. The molecular formula is C15H10N6OS2. The molecule has 0 bridgehead atoms. The van der Waals surface area contributed by atoms with Crippen LogP contribution < -0.4 is 11.1 Å². The maximum atomic E-state index is 12.4. The summed E-state index contributed by atoms with van der Waals surface area (Å²) in [6.07, 6.45) is 3.43. The Bertz CT molecular complexity index is 1010. The Labute approximate surface area is 144 Å². The molecule has 0 saturated heterocycles. The van der Waals surface area contributed by atoms with E-state index in [2.05, 4.69) is 25.5 Å². The van der Waals surface area contributed by atoms with Crippen LogP contribution >= 0.6 is 22.7 Å². The Morgan fingerprint density at radius 2 is 2.00 bits per heavy atom. The molecule has 0 spiro atoms. The van der Waals surface area contributed by atoms with Crippen molar-refractivity contribution in [3.63, 3.8) is 0 Å². The van der Waals surface area contributed by atoms with E-state index in [0.29, 0.717) is 20.5 Å². The molecule has 7 nitrogen and oxygen atoms in total. The number of carbonyl (C=O) groups is 1. The molecule has 1 amide bonds. The standard InChI is InChI=1S/C15H10N6OS2/c16-11-9-1-2-10(8-3-5-17-6-4-8)19-14(9)24-12(11)13(22)20-15-21-18-7-23-15/h1-7H,16H2,(H,20,21,22). The molecule has 4 rings (SSSR count). The van der Waals surface area contributed by atoms with Crippen molar-refractivity contribution >= 4 is 49.6 Å². The van der Waals surface area contributed by atoms with E-state index in [1.165, 1.54) is 22.7 Å². The van der Waals surface area contributed by atoms with E-state index in [0.717, 1.165) is 16.6 Å². The van der Waals surface area contributed by atoms with Gasteiger partial charge in [0, 0.05) is 23.3 Å². The minimum absolute atomic E-state index is 0.308. The number of nitrogens with two attached hydrogens (primary N) is 1. The first-order chi connectivity index (χ1) is 11.7. The largest absolute Gasteiger partial charge is 0.397 e. The van der Waals surface area contributed by atoms with E-state index in [9.17, 15) is 4.79 Å². The van der Waals surface area contributed by atoms with Gasteiger partial charge in [0.15, 0.2) is 0 Å². The summed E-state index contributed by atoms with van der Waals surface area (Å²) in [7, 11) is 0. The van der Waals surface area contributed by atoms with Crippen molar-refractivity contribution < 1.29 is 4.79 Å². The molecule has 118 valence electrons. The Hall–Kier alpha value is -2.91. The van der Waals surface area contributed by atoms with Crippen LogP contribution in [0.1, 0.15) is 9.67 Å². The number of carbonyl (C=O) groups excluding carboxylic acids is 1. The number of hydrogen-bond acceptors (Lipinski definition) is 8. The molecule has 9 heteroatoms. The number of pyridine rings is 2. The highest BCUT2D eigenvalue weighted by molar-refractivity contribution is 7.21. The molecule has 0 radical (unpaired) electrons. The van der Waals surface area contributed by atoms with Crippen LogP contribution in [-0.2, 0) is 0 Å². The van der Waals surface area contributed by atoms with Gasteiger partial charge in [0.05, 0.1) is 11.4 Å². The molecule has 4 aromatic heterocycles. The van der Waals surface area contributed by atoms with Crippen molar-refractivity contribution in [2.24, 2.45) is 0 Å². The molecule has 0 aliphatic rings. The first-order valence-corrected chi connectivity index (χ1v) is 8.59. The molecule has 0 saturated carbocycles. The van der Waals surface area contributed by atoms with Gasteiger partial charge in [-0.05, 0) is 24.3 Å². The average Bonchev–Trinajstić information content (AvgIpc) is 3.23. The van der Waals surface area contributed by atoms with Gasteiger partial charge in [-0.15, -0.1) is 21.5 Å². The Balaban J connectivity index is 1.73. The second-order valence-electron chi connectivity index (χ2n) is 4.83.